The summed E-state index contributed by atoms with van der Waals surface area (Å²) < 4.78 is 13.3. The first-order chi connectivity index (χ1) is 19.3. The molecular formula is C32H32BrClN2O4. The van der Waals surface area contributed by atoms with Crippen LogP contribution < -0.4 is 14.8 Å². The van der Waals surface area contributed by atoms with E-state index in [1.165, 1.54) is 0 Å². The van der Waals surface area contributed by atoms with E-state index in [1.807, 2.05) is 56.3 Å². The highest BCUT2D eigenvalue weighted by Gasteiger charge is 2.20. The lowest BCUT2D eigenvalue weighted by atomic mass is 10.0. The van der Waals surface area contributed by atoms with Crippen molar-refractivity contribution in [2.24, 2.45) is 5.92 Å². The van der Waals surface area contributed by atoms with Crippen molar-refractivity contribution in [2.45, 2.75) is 46.1 Å². The Bertz CT molecular complexity index is 1420. The van der Waals surface area contributed by atoms with Crippen LogP contribution >= 0.6 is 27.5 Å². The van der Waals surface area contributed by atoms with Gasteiger partial charge in [-0.2, -0.15) is 0 Å². The van der Waals surface area contributed by atoms with E-state index in [4.69, 9.17) is 21.1 Å². The third-order valence-electron chi connectivity index (χ3n) is 6.32. The molecule has 40 heavy (non-hydrogen) atoms. The van der Waals surface area contributed by atoms with E-state index in [0.29, 0.717) is 29.5 Å². The first kappa shape index (κ1) is 29.6. The minimum atomic E-state index is -0.888. The number of nitrogens with zero attached hydrogens (tertiary/aromatic N) is 1. The molecule has 0 saturated heterocycles. The van der Waals surface area contributed by atoms with Crippen LogP contribution in [0.2, 0.25) is 5.02 Å². The van der Waals surface area contributed by atoms with Gasteiger partial charge in [-0.25, -0.2) is 0 Å². The van der Waals surface area contributed by atoms with E-state index in [0.717, 1.165) is 32.3 Å². The van der Waals surface area contributed by atoms with Crippen molar-refractivity contribution in [2.75, 3.05) is 0 Å². The standard InChI is InChI=1S/C32H32BrClN2O4/c1-21(2)14-28(32(37)38)36-18-25-15-27(34)30(16-29(25)39-19-22-8-7-13-35-17-22)40-20-24-11-6-12-26(31(24)33)23-9-4-3-5-10-23/h3-13,15-17,21,28,36H,14,18-20H2,1-2H3,(H,37,38). The SMILES string of the molecule is CC(C)CC(NCc1cc(Cl)c(OCc2cccc(-c3ccccc3)c2Br)cc1OCc1cccnc1)C(=O)O. The molecule has 1 heterocycles. The van der Waals surface area contributed by atoms with Crippen molar-refractivity contribution in [3.05, 3.63) is 111 Å². The summed E-state index contributed by atoms with van der Waals surface area (Å²) in [6.45, 7) is 4.85. The molecule has 0 fully saturated rings. The molecule has 0 bridgehead atoms. The van der Waals surface area contributed by atoms with Crippen LogP contribution in [0.15, 0.2) is 89.7 Å². The van der Waals surface area contributed by atoms with E-state index >= 15 is 0 Å². The van der Waals surface area contributed by atoms with Crippen molar-refractivity contribution in [1.82, 2.24) is 10.3 Å². The lowest BCUT2D eigenvalue weighted by molar-refractivity contribution is -0.140. The zero-order valence-electron chi connectivity index (χ0n) is 22.4. The summed E-state index contributed by atoms with van der Waals surface area (Å²) >= 11 is 10.4. The highest BCUT2D eigenvalue weighted by atomic mass is 79.9. The molecule has 0 saturated carbocycles. The molecular weight excluding hydrogens is 592 g/mol. The van der Waals surface area contributed by atoms with E-state index in [-0.39, 0.29) is 19.1 Å². The third-order valence-corrected chi connectivity index (χ3v) is 7.55. The normalized spacial score (nSPS) is 11.8. The molecule has 0 aliphatic rings. The number of hydrogen-bond acceptors (Lipinski definition) is 5. The number of hydrogen-bond donors (Lipinski definition) is 2. The van der Waals surface area contributed by atoms with Gasteiger partial charge in [0.2, 0.25) is 0 Å². The minimum Gasteiger partial charge on any atom is -0.488 e. The zero-order valence-corrected chi connectivity index (χ0v) is 24.8. The highest BCUT2D eigenvalue weighted by molar-refractivity contribution is 9.10. The number of carboxylic acid groups (broad SMARTS) is 1. The van der Waals surface area contributed by atoms with E-state index in [9.17, 15) is 9.90 Å². The summed E-state index contributed by atoms with van der Waals surface area (Å²) in [6.07, 6.45) is 3.96. The lowest BCUT2D eigenvalue weighted by Crippen LogP contribution is -2.37. The van der Waals surface area contributed by atoms with Crippen molar-refractivity contribution in [3.8, 4) is 22.6 Å². The summed E-state index contributed by atoms with van der Waals surface area (Å²) in [7, 11) is 0. The first-order valence-corrected chi connectivity index (χ1v) is 14.2. The van der Waals surface area contributed by atoms with Gasteiger partial charge in [0.1, 0.15) is 30.8 Å². The summed E-state index contributed by atoms with van der Waals surface area (Å²) in [5.41, 5.74) is 4.80. The predicted octanol–water partition coefficient (Wildman–Crippen LogP) is 7.91. The van der Waals surface area contributed by atoms with Crippen LogP contribution in [0, 0.1) is 5.92 Å². The smallest absolute Gasteiger partial charge is 0.320 e. The Morgan fingerprint density at radius 3 is 2.45 bits per heavy atom. The second-order valence-corrected chi connectivity index (χ2v) is 11.1. The number of carbonyl (C=O) groups is 1. The van der Waals surface area contributed by atoms with Gasteiger partial charge < -0.3 is 19.9 Å². The highest BCUT2D eigenvalue weighted by Crippen LogP contribution is 2.36. The molecule has 1 unspecified atom stereocenters. The van der Waals surface area contributed by atoms with Gasteiger partial charge in [-0.3, -0.25) is 9.78 Å². The molecule has 208 valence electrons. The van der Waals surface area contributed by atoms with Gasteiger partial charge in [0, 0.05) is 46.2 Å². The molecule has 4 rings (SSSR count). The fraction of sp³-hybridized carbons (Fsp3) is 0.250. The van der Waals surface area contributed by atoms with Crippen molar-refractivity contribution < 1.29 is 19.4 Å². The Balaban J connectivity index is 1.56. The molecule has 0 spiro atoms. The van der Waals surface area contributed by atoms with Crippen molar-refractivity contribution >= 4 is 33.5 Å². The summed E-state index contributed by atoms with van der Waals surface area (Å²) in [5.74, 6) is 0.372. The first-order valence-electron chi connectivity index (χ1n) is 13.1. The van der Waals surface area contributed by atoms with Crippen LogP contribution in [0.5, 0.6) is 11.5 Å². The van der Waals surface area contributed by atoms with Crippen LogP contribution in [0.3, 0.4) is 0 Å². The lowest BCUT2D eigenvalue weighted by Gasteiger charge is -2.19. The predicted molar refractivity (Wildman–Crippen MR) is 162 cm³/mol. The maximum atomic E-state index is 11.8. The van der Waals surface area contributed by atoms with Crippen LogP contribution in [0.1, 0.15) is 37.0 Å². The number of nitrogens with one attached hydrogen (secondary N) is 1. The molecule has 1 aromatic heterocycles. The number of pyridine rings is 1. The number of aromatic nitrogens is 1. The van der Waals surface area contributed by atoms with E-state index < -0.39 is 12.0 Å². The molecule has 8 heteroatoms. The maximum absolute atomic E-state index is 11.8. The second-order valence-electron chi connectivity index (χ2n) is 9.87. The Morgan fingerprint density at radius 1 is 0.975 bits per heavy atom. The number of benzene rings is 3. The van der Waals surface area contributed by atoms with Gasteiger partial charge in [-0.15, -0.1) is 0 Å². The molecule has 6 nitrogen and oxygen atoms in total. The maximum Gasteiger partial charge on any atom is 0.320 e. The number of rotatable bonds is 13. The molecule has 2 N–H and O–H groups in total. The number of halogens is 2. The van der Waals surface area contributed by atoms with Crippen molar-refractivity contribution in [1.29, 1.82) is 0 Å². The monoisotopic (exact) mass is 622 g/mol. The Hall–Kier alpha value is -3.39. The van der Waals surface area contributed by atoms with Gasteiger partial charge >= 0.3 is 5.97 Å². The number of ether oxygens (including phenoxy) is 2. The molecule has 0 radical (unpaired) electrons. The molecule has 0 amide bonds. The van der Waals surface area contributed by atoms with Crippen LogP contribution in [0.4, 0.5) is 0 Å². The average molecular weight is 624 g/mol. The van der Waals surface area contributed by atoms with Gasteiger partial charge in [0.15, 0.2) is 0 Å². The topological polar surface area (TPSA) is 80.7 Å². The number of aliphatic carboxylic acids is 1. The van der Waals surface area contributed by atoms with Crippen LogP contribution in [-0.2, 0) is 24.6 Å². The molecule has 0 aliphatic heterocycles. The van der Waals surface area contributed by atoms with Gasteiger partial charge in [-0.05, 0) is 51.5 Å². The van der Waals surface area contributed by atoms with E-state index in [2.05, 4.69) is 44.4 Å². The number of carboxylic acids is 1. The zero-order chi connectivity index (χ0) is 28.5. The molecule has 0 aliphatic carbocycles. The van der Waals surface area contributed by atoms with Gasteiger partial charge in [0.25, 0.3) is 0 Å². The molecule has 3 aromatic carbocycles. The third kappa shape index (κ3) is 8.07. The Kier molecular flexibility index (Phi) is 10.6. The summed E-state index contributed by atoms with van der Waals surface area (Å²) in [6, 6.07) is 22.8. The van der Waals surface area contributed by atoms with E-state index in [1.54, 1.807) is 24.5 Å². The van der Waals surface area contributed by atoms with Crippen LogP contribution in [-0.4, -0.2) is 22.1 Å². The van der Waals surface area contributed by atoms with Crippen LogP contribution in [0.25, 0.3) is 11.1 Å². The second kappa shape index (κ2) is 14.3. The van der Waals surface area contributed by atoms with Crippen molar-refractivity contribution in [3.63, 3.8) is 0 Å². The Labute approximate surface area is 248 Å². The summed E-state index contributed by atoms with van der Waals surface area (Å²) in [4.78, 5) is 15.9. The molecule has 1 atom stereocenters. The minimum absolute atomic E-state index is 0.231. The largest absolute Gasteiger partial charge is 0.488 e. The average Bonchev–Trinajstić information content (AvgIpc) is 2.95. The quantitative estimate of drug-likeness (QED) is 0.158. The van der Waals surface area contributed by atoms with Gasteiger partial charge in [0.05, 0.1) is 5.02 Å². The fourth-order valence-electron chi connectivity index (χ4n) is 4.27. The summed E-state index contributed by atoms with van der Waals surface area (Å²) in [5, 5.41) is 13.2. The Morgan fingerprint density at radius 2 is 1.75 bits per heavy atom. The van der Waals surface area contributed by atoms with Gasteiger partial charge in [-0.1, -0.05) is 80.0 Å². The molecule has 4 aromatic rings. The fourth-order valence-corrected chi connectivity index (χ4v) is 5.12.